The van der Waals surface area contributed by atoms with Crippen LogP contribution >= 0.6 is 27.7 Å². The third-order valence-corrected chi connectivity index (χ3v) is 5.85. The number of hydrogen-bond donors (Lipinski definition) is 0. The molecule has 0 aliphatic carbocycles. The highest BCUT2D eigenvalue weighted by Crippen LogP contribution is 2.19. The summed E-state index contributed by atoms with van der Waals surface area (Å²) >= 11 is 4.73. The Labute approximate surface area is 176 Å². The Morgan fingerprint density at radius 1 is 1.18 bits per heavy atom. The Bertz CT molecular complexity index is 1030. The molecule has 0 radical (unpaired) electrons. The van der Waals surface area contributed by atoms with Crippen LogP contribution in [0, 0.1) is 0 Å². The Morgan fingerprint density at radius 3 is 2.61 bits per heavy atom. The zero-order valence-electron chi connectivity index (χ0n) is 15.9. The third kappa shape index (κ3) is 4.83. The Hall–Kier alpha value is -2.12. The molecule has 0 N–H and O–H groups in total. The van der Waals surface area contributed by atoms with Gasteiger partial charge in [-0.2, -0.15) is 0 Å². The summed E-state index contributed by atoms with van der Waals surface area (Å²) < 4.78 is 2.69. The standard InChI is InChI=1S/C21H22BrN3O2S/c1-3-12-25-20(27)17-6-4-5-7-18(17)23-21(25)28-14-19(26)24(2)13-15-8-10-16(22)11-9-15/h4-11H,3,12-14H2,1-2H3. The number of thioether (sulfide) groups is 1. The first kappa shape index (κ1) is 20.6. The SMILES string of the molecule is CCCn1c(SCC(=O)N(C)Cc2ccc(Br)cc2)nc2ccccc2c1=O. The van der Waals surface area contributed by atoms with Crippen LogP contribution in [0.2, 0.25) is 0 Å². The van der Waals surface area contributed by atoms with E-state index < -0.39 is 0 Å². The fourth-order valence-corrected chi connectivity index (χ4v) is 4.10. The van der Waals surface area contributed by atoms with Crippen molar-refractivity contribution in [3.8, 4) is 0 Å². The van der Waals surface area contributed by atoms with Crippen molar-refractivity contribution in [2.75, 3.05) is 12.8 Å². The highest BCUT2D eigenvalue weighted by molar-refractivity contribution is 9.10. The predicted molar refractivity (Wildman–Crippen MR) is 118 cm³/mol. The number of nitrogens with zero attached hydrogens (tertiary/aromatic N) is 3. The van der Waals surface area contributed by atoms with E-state index in [4.69, 9.17) is 0 Å². The molecule has 0 aliphatic rings. The number of aromatic nitrogens is 2. The van der Waals surface area contributed by atoms with Gasteiger partial charge in [0.2, 0.25) is 5.91 Å². The van der Waals surface area contributed by atoms with Gasteiger partial charge in [0.15, 0.2) is 5.16 Å². The lowest BCUT2D eigenvalue weighted by Gasteiger charge is -2.18. The Kier molecular flexibility index (Phi) is 6.91. The average molecular weight is 460 g/mol. The largest absolute Gasteiger partial charge is 0.341 e. The second-order valence-electron chi connectivity index (χ2n) is 6.53. The minimum atomic E-state index is -0.0504. The second-order valence-corrected chi connectivity index (χ2v) is 8.39. The maximum atomic E-state index is 12.8. The molecule has 7 heteroatoms. The molecule has 0 spiro atoms. The van der Waals surface area contributed by atoms with Crippen LogP contribution in [-0.2, 0) is 17.9 Å². The Morgan fingerprint density at radius 2 is 1.89 bits per heavy atom. The fourth-order valence-electron chi connectivity index (χ4n) is 2.87. The summed E-state index contributed by atoms with van der Waals surface area (Å²) in [5.41, 5.74) is 1.68. The topological polar surface area (TPSA) is 55.2 Å². The van der Waals surface area contributed by atoms with Gasteiger partial charge in [0.1, 0.15) is 0 Å². The number of hydrogen-bond acceptors (Lipinski definition) is 4. The molecular formula is C21H22BrN3O2S. The van der Waals surface area contributed by atoms with Gasteiger partial charge in [-0.3, -0.25) is 14.2 Å². The Balaban J connectivity index is 1.74. The lowest BCUT2D eigenvalue weighted by Crippen LogP contribution is -2.29. The monoisotopic (exact) mass is 459 g/mol. The number of carbonyl (C=O) groups is 1. The summed E-state index contributed by atoms with van der Waals surface area (Å²) in [6, 6.07) is 15.2. The third-order valence-electron chi connectivity index (χ3n) is 4.36. The first-order valence-corrected chi connectivity index (χ1v) is 10.9. The average Bonchev–Trinajstić information content (AvgIpc) is 2.70. The van der Waals surface area contributed by atoms with Crippen LogP contribution in [-0.4, -0.2) is 33.2 Å². The van der Waals surface area contributed by atoms with E-state index in [1.165, 1.54) is 11.8 Å². The summed E-state index contributed by atoms with van der Waals surface area (Å²) in [6.45, 7) is 3.15. The molecule has 3 aromatic rings. The molecule has 0 aliphatic heterocycles. The van der Waals surface area contributed by atoms with Crippen molar-refractivity contribution >= 4 is 44.5 Å². The van der Waals surface area contributed by atoms with E-state index in [9.17, 15) is 9.59 Å². The maximum absolute atomic E-state index is 12.8. The van der Waals surface area contributed by atoms with E-state index in [-0.39, 0.29) is 17.2 Å². The molecule has 3 rings (SSSR count). The van der Waals surface area contributed by atoms with E-state index in [1.807, 2.05) is 49.4 Å². The summed E-state index contributed by atoms with van der Waals surface area (Å²) in [5.74, 6) is 0.236. The first-order chi connectivity index (χ1) is 13.5. The molecule has 0 saturated heterocycles. The molecule has 5 nitrogen and oxygen atoms in total. The van der Waals surface area contributed by atoms with Gasteiger partial charge >= 0.3 is 0 Å². The zero-order valence-corrected chi connectivity index (χ0v) is 18.3. The van der Waals surface area contributed by atoms with E-state index in [0.717, 1.165) is 16.5 Å². The quantitative estimate of drug-likeness (QED) is 0.389. The minimum Gasteiger partial charge on any atom is -0.341 e. The van der Waals surface area contributed by atoms with Gasteiger partial charge in [-0.15, -0.1) is 0 Å². The summed E-state index contributed by atoms with van der Waals surface area (Å²) in [7, 11) is 1.79. The van der Waals surface area contributed by atoms with Crippen LogP contribution in [0.25, 0.3) is 10.9 Å². The number of halogens is 1. The van der Waals surface area contributed by atoms with Gasteiger partial charge < -0.3 is 4.90 Å². The highest BCUT2D eigenvalue weighted by Gasteiger charge is 2.15. The fraction of sp³-hybridized carbons (Fsp3) is 0.286. The van der Waals surface area contributed by atoms with Gasteiger partial charge in [0.25, 0.3) is 5.56 Å². The van der Waals surface area contributed by atoms with E-state index >= 15 is 0 Å². The van der Waals surface area contributed by atoms with Crippen molar-refractivity contribution in [3.05, 3.63) is 68.9 Å². The molecule has 0 fully saturated rings. The van der Waals surface area contributed by atoms with Crippen LogP contribution in [0.15, 0.2) is 63.0 Å². The van der Waals surface area contributed by atoms with Crippen molar-refractivity contribution in [1.82, 2.24) is 14.5 Å². The first-order valence-electron chi connectivity index (χ1n) is 9.10. The lowest BCUT2D eigenvalue weighted by atomic mass is 10.2. The second kappa shape index (κ2) is 9.39. The molecule has 146 valence electrons. The molecule has 0 unspecified atom stereocenters. The number of carbonyl (C=O) groups excluding carboxylic acids is 1. The molecular weight excluding hydrogens is 438 g/mol. The van der Waals surface area contributed by atoms with Crippen LogP contribution in [0.3, 0.4) is 0 Å². The van der Waals surface area contributed by atoms with Gasteiger partial charge in [0.05, 0.1) is 16.7 Å². The van der Waals surface area contributed by atoms with Crippen molar-refractivity contribution in [1.29, 1.82) is 0 Å². The van der Waals surface area contributed by atoms with Crippen LogP contribution < -0.4 is 5.56 Å². The predicted octanol–water partition coefficient (Wildman–Crippen LogP) is 4.32. The normalized spacial score (nSPS) is 11.0. The number of amides is 1. The number of para-hydroxylation sites is 1. The van der Waals surface area contributed by atoms with Gasteiger partial charge in [-0.05, 0) is 36.2 Å². The van der Waals surface area contributed by atoms with E-state index in [0.29, 0.717) is 29.1 Å². The van der Waals surface area contributed by atoms with Crippen molar-refractivity contribution in [2.45, 2.75) is 31.6 Å². The van der Waals surface area contributed by atoms with Gasteiger partial charge in [-0.25, -0.2) is 4.98 Å². The maximum Gasteiger partial charge on any atom is 0.262 e. The summed E-state index contributed by atoms with van der Waals surface area (Å²) in [5, 5.41) is 1.20. The number of fused-ring (bicyclic) bond motifs is 1. The number of rotatable bonds is 7. The van der Waals surface area contributed by atoms with Crippen molar-refractivity contribution < 1.29 is 4.79 Å². The summed E-state index contributed by atoms with van der Waals surface area (Å²) in [4.78, 5) is 31.7. The molecule has 0 saturated carbocycles. The van der Waals surface area contributed by atoms with E-state index in [1.54, 1.807) is 22.6 Å². The molecule has 1 amide bonds. The molecule has 2 aromatic carbocycles. The van der Waals surface area contributed by atoms with Crippen molar-refractivity contribution in [3.63, 3.8) is 0 Å². The van der Waals surface area contributed by atoms with Crippen LogP contribution in [0.5, 0.6) is 0 Å². The lowest BCUT2D eigenvalue weighted by molar-refractivity contribution is -0.127. The van der Waals surface area contributed by atoms with Crippen LogP contribution in [0.4, 0.5) is 0 Å². The molecule has 0 bridgehead atoms. The highest BCUT2D eigenvalue weighted by atomic mass is 79.9. The minimum absolute atomic E-state index is 0.00150. The smallest absolute Gasteiger partial charge is 0.262 e. The van der Waals surface area contributed by atoms with E-state index in [2.05, 4.69) is 20.9 Å². The number of benzene rings is 2. The van der Waals surface area contributed by atoms with Gasteiger partial charge in [-0.1, -0.05) is 58.9 Å². The summed E-state index contributed by atoms with van der Waals surface area (Å²) in [6.07, 6.45) is 0.824. The molecule has 1 heterocycles. The molecule has 1 aromatic heterocycles. The van der Waals surface area contributed by atoms with Crippen LogP contribution in [0.1, 0.15) is 18.9 Å². The van der Waals surface area contributed by atoms with Gasteiger partial charge in [0, 0.05) is 24.6 Å². The van der Waals surface area contributed by atoms with Crippen molar-refractivity contribution in [2.24, 2.45) is 0 Å². The molecule has 28 heavy (non-hydrogen) atoms. The zero-order chi connectivity index (χ0) is 20.1. The molecule has 0 atom stereocenters.